The Bertz CT molecular complexity index is 737. The van der Waals surface area contributed by atoms with Crippen molar-refractivity contribution in [2.45, 2.75) is 37.8 Å². The molecular weight excluding hydrogens is 308 g/mol. The van der Waals surface area contributed by atoms with E-state index in [4.69, 9.17) is 4.74 Å². The second-order valence-corrected chi connectivity index (χ2v) is 6.43. The van der Waals surface area contributed by atoms with Gasteiger partial charge in [-0.05, 0) is 42.9 Å². The van der Waals surface area contributed by atoms with Gasteiger partial charge in [-0.2, -0.15) is 0 Å². The zero-order valence-electron chi connectivity index (χ0n) is 14.1. The number of carboxylic acid groups (broad SMARTS) is 1. The molecular formula is C18H22N2O4. The quantitative estimate of drug-likeness (QED) is 0.790. The minimum atomic E-state index is -1.19. The topological polar surface area (TPSA) is 87.7 Å². The number of methoxy groups -OCH3 is 1. The predicted molar refractivity (Wildman–Crippen MR) is 91.1 cm³/mol. The van der Waals surface area contributed by atoms with Crippen LogP contribution in [0.5, 0.6) is 0 Å². The van der Waals surface area contributed by atoms with Gasteiger partial charge in [-0.1, -0.05) is 18.6 Å². The molecule has 1 aromatic rings. The number of aliphatic carboxylic acids is 1. The Kier molecular flexibility index (Phi) is 4.09. The van der Waals surface area contributed by atoms with Gasteiger partial charge < -0.3 is 20.5 Å². The van der Waals surface area contributed by atoms with Gasteiger partial charge in [0.05, 0.1) is 16.8 Å². The van der Waals surface area contributed by atoms with Crippen molar-refractivity contribution in [3.63, 3.8) is 0 Å². The first-order valence-corrected chi connectivity index (χ1v) is 8.09. The summed E-state index contributed by atoms with van der Waals surface area (Å²) < 4.78 is 5.43. The molecule has 1 unspecified atom stereocenters. The number of nitrogens with one attached hydrogen (secondary N) is 2. The molecule has 0 spiro atoms. The highest BCUT2D eigenvalue weighted by molar-refractivity contribution is 6.06. The second kappa shape index (κ2) is 5.94. The predicted octanol–water partition coefficient (Wildman–Crippen LogP) is 2.57. The maximum Gasteiger partial charge on any atom is 0.336 e. The molecule has 0 aromatic heterocycles. The van der Waals surface area contributed by atoms with E-state index in [1.807, 2.05) is 12.1 Å². The molecule has 24 heavy (non-hydrogen) atoms. The van der Waals surface area contributed by atoms with E-state index in [1.165, 1.54) is 13.5 Å². The number of hydrogen-bond acceptors (Lipinski definition) is 4. The fraction of sp³-hybridized carbons (Fsp3) is 0.444. The summed E-state index contributed by atoms with van der Waals surface area (Å²) in [6.45, 7) is 1.65. The Morgan fingerprint density at radius 2 is 2.08 bits per heavy atom. The van der Waals surface area contributed by atoms with Crippen LogP contribution in [0.25, 0.3) is 6.08 Å². The van der Waals surface area contributed by atoms with Crippen LogP contribution in [0.2, 0.25) is 0 Å². The van der Waals surface area contributed by atoms with E-state index < -0.39 is 11.7 Å². The average Bonchev–Trinajstić information content (AvgIpc) is 2.51. The molecule has 1 fully saturated rings. The monoisotopic (exact) mass is 330 g/mol. The zero-order valence-corrected chi connectivity index (χ0v) is 14.1. The van der Waals surface area contributed by atoms with Crippen LogP contribution in [0.3, 0.4) is 0 Å². The average molecular weight is 330 g/mol. The molecule has 1 amide bonds. The Hall–Kier alpha value is -2.34. The van der Waals surface area contributed by atoms with Gasteiger partial charge in [0.25, 0.3) is 5.91 Å². The van der Waals surface area contributed by atoms with Gasteiger partial charge in [0, 0.05) is 14.2 Å². The molecule has 0 bridgehead atoms. The number of carbonyl (C=O) groups excluding carboxylic acids is 1. The van der Waals surface area contributed by atoms with E-state index >= 15 is 0 Å². The number of hydrogen-bond donors (Lipinski definition) is 3. The number of fused-ring (bicyclic) bond motifs is 1. The third-order valence-electron chi connectivity index (χ3n) is 5.08. The molecule has 6 nitrogen and oxygen atoms in total. The Balaban J connectivity index is 2.21. The summed E-state index contributed by atoms with van der Waals surface area (Å²) in [7, 11) is 3.05. The number of ether oxygens (including phenoxy) is 1. The van der Waals surface area contributed by atoms with Crippen molar-refractivity contribution in [2.75, 3.05) is 19.5 Å². The van der Waals surface area contributed by atoms with Crippen molar-refractivity contribution in [3.05, 3.63) is 34.4 Å². The molecule has 1 aliphatic carbocycles. The van der Waals surface area contributed by atoms with Crippen LogP contribution in [0.4, 0.5) is 5.69 Å². The summed E-state index contributed by atoms with van der Waals surface area (Å²) >= 11 is 0. The summed E-state index contributed by atoms with van der Waals surface area (Å²) in [5.41, 5.74) is 1.83. The SMILES string of the molecule is CNC(=O)c1c(C2CCC2)ccc2c1NC(C)(OC)C(C(=O)O)=C2. The van der Waals surface area contributed by atoms with Crippen molar-refractivity contribution >= 4 is 23.6 Å². The molecule has 0 saturated heterocycles. The van der Waals surface area contributed by atoms with Crippen molar-refractivity contribution in [1.29, 1.82) is 0 Å². The van der Waals surface area contributed by atoms with E-state index in [0.717, 1.165) is 18.4 Å². The standard InChI is InChI=1S/C18H22N2O4/c1-18(24-3)13(17(22)23)9-11-7-8-12(10-5-4-6-10)14(15(11)20-18)16(21)19-2/h7-10,20H,4-6H2,1-3H3,(H,19,21)(H,22,23). The first-order chi connectivity index (χ1) is 11.4. The highest BCUT2D eigenvalue weighted by Crippen LogP contribution is 2.44. The van der Waals surface area contributed by atoms with Crippen LogP contribution in [-0.2, 0) is 9.53 Å². The maximum atomic E-state index is 12.5. The summed E-state index contributed by atoms with van der Waals surface area (Å²) in [5, 5.41) is 15.3. The lowest BCUT2D eigenvalue weighted by atomic mass is 9.76. The lowest BCUT2D eigenvalue weighted by Crippen LogP contribution is -2.44. The van der Waals surface area contributed by atoms with Crippen LogP contribution in [0.15, 0.2) is 17.7 Å². The minimum Gasteiger partial charge on any atom is -0.478 e. The summed E-state index contributed by atoms with van der Waals surface area (Å²) in [6, 6.07) is 3.82. The van der Waals surface area contributed by atoms with Crippen LogP contribution >= 0.6 is 0 Å². The number of rotatable bonds is 4. The molecule has 128 valence electrons. The molecule has 0 radical (unpaired) electrons. The fourth-order valence-corrected chi connectivity index (χ4v) is 3.34. The summed E-state index contributed by atoms with van der Waals surface area (Å²) in [6.07, 6.45) is 4.89. The molecule has 6 heteroatoms. The van der Waals surface area contributed by atoms with Gasteiger partial charge >= 0.3 is 5.97 Å². The van der Waals surface area contributed by atoms with E-state index in [-0.39, 0.29) is 11.5 Å². The molecule has 1 atom stereocenters. The van der Waals surface area contributed by atoms with E-state index in [0.29, 0.717) is 22.7 Å². The highest BCUT2D eigenvalue weighted by atomic mass is 16.5. The lowest BCUT2D eigenvalue weighted by molar-refractivity contribution is -0.134. The van der Waals surface area contributed by atoms with Crippen LogP contribution in [0.1, 0.15) is 53.6 Å². The lowest BCUT2D eigenvalue weighted by Gasteiger charge is -2.37. The molecule has 1 heterocycles. The molecule has 3 N–H and O–H groups in total. The fourth-order valence-electron chi connectivity index (χ4n) is 3.34. The zero-order chi connectivity index (χ0) is 17.5. The van der Waals surface area contributed by atoms with Crippen LogP contribution in [-0.4, -0.2) is 36.9 Å². The third-order valence-corrected chi connectivity index (χ3v) is 5.08. The molecule has 1 aliphatic heterocycles. The molecule has 3 rings (SSSR count). The summed E-state index contributed by atoms with van der Waals surface area (Å²) in [5.74, 6) is -0.850. The molecule has 2 aliphatic rings. The first kappa shape index (κ1) is 16.5. The van der Waals surface area contributed by atoms with Gasteiger partial charge in [0.2, 0.25) is 0 Å². The third kappa shape index (κ3) is 2.47. The van der Waals surface area contributed by atoms with Gasteiger partial charge in [0.15, 0.2) is 5.72 Å². The van der Waals surface area contributed by atoms with Crippen LogP contribution < -0.4 is 10.6 Å². The number of carboxylic acids is 1. The van der Waals surface area contributed by atoms with Gasteiger partial charge in [-0.15, -0.1) is 0 Å². The largest absolute Gasteiger partial charge is 0.478 e. The normalized spacial score (nSPS) is 22.7. The Labute approximate surface area is 140 Å². The van der Waals surface area contributed by atoms with Crippen molar-refractivity contribution < 1.29 is 19.4 Å². The van der Waals surface area contributed by atoms with E-state index in [9.17, 15) is 14.7 Å². The number of carbonyl (C=O) groups is 2. The Morgan fingerprint density at radius 1 is 1.38 bits per heavy atom. The van der Waals surface area contributed by atoms with Gasteiger partial charge in [0.1, 0.15) is 0 Å². The van der Waals surface area contributed by atoms with Gasteiger partial charge in [-0.3, -0.25) is 4.79 Å². The number of amides is 1. The second-order valence-electron chi connectivity index (χ2n) is 6.43. The maximum absolute atomic E-state index is 12.5. The van der Waals surface area contributed by atoms with E-state index in [1.54, 1.807) is 20.0 Å². The minimum absolute atomic E-state index is 0.108. The first-order valence-electron chi connectivity index (χ1n) is 8.09. The molecule has 1 aromatic carbocycles. The van der Waals surface area contributed by atoms with E-state index in [2.05, 4.69) is 10.6 Å². The van der Waals surface area contributed by atoms with Crippen molar-refractivity contribution in [3.8, 4) is 0 Å². The number of benzene rings is 1. The van der Waals surface area contributed by atoms with Crippen LogP contribution in [0, 0.1) is 0 Å². The number of anilines is 1. The van der Waals surface area contributed by atoms with Crippen molar-refractivity contribution in [1.82, 2.24) is 5.32 Å². The van der Waals surface area contributed by atoms with Crippen molar-refractivity contribution in [2.24, 2.45) is 0 Å². The summed E-state index contributed by atoms with van der Waals surface area (Å²) in [4.78, 5) is 24.1. The smallest absolute Gasteiger partial charge is 0.336 e. The highest BCUT2D eigenvalue weighted by Gasteiger charge is 2.39. The van der Waals surface area contributed by atoms with Gasteiger partial charge in [-0.25, -0.2) is 4.79 Å². The Morgan fingerprint density at radius 3 is 2.58 bits per heavy atom. The molecule has 1 saturated carbocycles.